The molecule has 1 aromatic rings. The van der Waals surface area contributed by atoms with Gasteiger partial charge in [0.2, 0.25) is 0 Å². The molecule has 14 heavy (non-hydrogen) atoms. The third-order valence-corrected chi connectivity index (χ3v) is 2.78. The monoisotopic (exact) mass is 253 g/mol. The van der Waals surface area contributed by atoms with Crippen molar-refractivity contribution >= 4 is 27.5 Å². The van der Waals surface area contributed by atoms with E-state index in [0.29, 0.717) is 0 Å². The largest absolute Gasteiger partial charge is 0.299 e. The van der Waals surface area contributed by atoms with Crippen molar-refractivity contribution in [3.05, 3.63) is 28.7 Å². The molecule has 0 fully saturated rings. The van der Waals surface area contributed by atoms with E-state index in [1.165, 1.54) is 0 Å². The van der Waals surface area contributed by atoms with Gasteiger partial charge < -0.3 is 0 Å². The minimum absolute atomic E-state index is 0.944. The molecule has 0 unspecified atom stereocenters. The van der Waals surface area contributed by atoms with E-state index in [0.717, 1.165) is 35.4 Å². The Hall–Kier alpha value is -1.03. The summed E-state index contributed by atoms with van der Waals surface area (Å²) in [6.07, 6.45) is 2.19. The molecule has 1 aliphatic heterocycles. The summed E-state index contributed by atoms with van der Waals surface area (Å²) >= 11 is 3.46. The maximum atomic E-state index is 4.31. The Morgan fingerprint density at radius 1 is 1.21 bits per heavy atom. The van der Waals surface area contributed by atoms with E-state index in [9.17, 15) is 0 Å². The summed E-state index contributed by atoms with van der Waals surface area (Å²) < 4.78 is 1.05. The first-order valence-electron chi connectivity index (χ1n) is 4.66. The van der Waals surface area contributed by atoms with Crippen LogP contribution in [0.15, 0.2) is 33.7 Å². The predicted molar refractivity (Wildman–Crippen MR) is 62.4 cm³/mol. The second-order valence-electron chi connectivity index (χ2n) is 3.16. The lowest BCUT2D eigenvalue weighted by atomic mass is 10.3. The van der Waals surface area contributed by atoms with Gasteiger partial charge in [-0.3, -0.25) is 15.8 Å². The van der Waals surface area contributed by atoms with Crippen molar-refractivity contribution in [2.24, 2.45) is 4.99 Å². The summed E-state index contributed by atoms with van der Waals surface area (Å²) in [4.78, 5) is 4.31. The predicted octanol–water partition coefficient (Wildman–Crippen LogP) is 2.56. The first-order valence-corrected chi connectivity index (χ1v) is 5.45. The highest BCUT2D eigenvalue weighted by molar-refractivity contribution is 9.10. The molecule has 0 amide bonds. The molecule has 0 aromatic heterocycles. The molecule has 0 bridgehead atoms. The summed E-state index contributed by atoms with van der Waals surface area (Å²) in [5, 5.41) is 0. The second-order valence-corrected chi connectivity index (χ2v) is 4.02. The van der Waals surface area contributed by atoms with E-state index in [4.69, 9.17) is 0 Å². The van der Waals surface area contributed by atoms with Gasteiger partial charge in [0.15, 0.2) is 0 Å². The number of nitrogens with one attached hydrogen (secondary N) is 2. The second kappa shape index (κ2) is 4.46. The summed E-state index contributed by atoms with van der Waals surface area (Å²) in [6, 6.07) is 7.99. The third kappa shape index (κ3) is 2.26. The number of nitrogens with zero attached hydrogens (tertiary/aromatic N) is 1. The Labute approximate surface area is 91.7 Å². The minimum atomic E-state index is 0.944. The molecule has 1 aromatic carbocycles. The van der Waals surface area contributed by atoms with Crippen molar-refractivity contribution in [1.82, 2.24) is 5.43 Å². The van der Waals surface area contributed by atoms with E-state index in [1.807, 2.05) is 24.3 Å². The summed E-state index contributed by atoms with van der Waals surface area (Å²) in [7, 11) is 0. The minimum Gasteiger partial charge on any atom is -0.299 e. The average molecular weight is 254 g/mol. The van der Waals surface area contributed by atoms with Crippen molar-refractivity contribution in [2.75, 3.05) is 12.0 Å². The van der Waals surface area contributed by atoms with Crippen LogP contribution in [0.25, 0.3) is 0 Å². The Morgan fingerprint density at radius 3 is 2.79 bits per heavy atom. The lowest BCUT2D eigenvalue weighted by Gasteiger charge is -2.10. The van der Waals surface area contributed by atoms with Gasteiger partial charge in [-0.2, -0.15) is 0 Å². The van der Waals surface area contributed by atoms with E-state index < -0.39 is 0 Å². The number of aliphatic imine (C=N–C) groups is 1. The number of anilines is 1. The summed E-state index contributed by atoms with van der Waals surface area (Å²) in [5.74, 6) is 1.04. The lowest BCUT2D eigenvalue weighted by Crippen LogP contribution is -2.27. The molecule has 1 heterocycles. The van der Waals surface area contributed by atoms with Gasteiger partial charge in [-0.05, 0) is 34.5 Å². The molecule has 0 atom stereocenters. The van der Waals surface area contributed by atoms with Crippen LogP contribution in [0.3, 0.4) is 0 Å². The van der Waals surface area contributed by atoms with Crippen molar-refractivity contribution in [1.29, 1.82) is 0 Å². The van der Waals surface area contributed by atoms with Crippen LogP contribution in [0.4, 0.5) is 5.69 Å². The molecule has 0 saturated heterocycles. The molecule has 1 aliphatic rings. The molecule has 0 spiro atoms. The number of benzene rings is 1. The van der Waals surface area contributed by atoms with Gasteiger partial charge in [0, 0.05) is 17.4 Å². The summed E-state index contributed by atoms with van der Waals surface area (Å²) in [6.45, 7) is 0.944. The molecule has 2 rings (SSSR count). The van der Waals surface area contributed by atoms with Gasteiger partial charge in [-0.1, -0.05) is 12.1 Å². The van der Waals surface area contributed by atoms with Crippen LogP contribution in [0, 0.1) is 0 Å². The van der Waals surface area contributed by atoms with Gasteiger partial charge in [0.05, 0.1) is 5.69 Å². The molecular weight excluding hydrogens is 242 g/mol. The van der Waals surface area contributed by atoms with E-state index >= 15 is 0 Å². The van der Waals surface area contributed by atoms with Crippen molar-refractivity contribution in [3.63, 3.8) is 0 Å². The Bertz CT molecular complexity index is 349. The fraction of sp³-hybridized carbons (Fsp3) is 0.300. The number of rotatable bonds is 2. The van der Waals surface area contributed by atoms with Crippen LogP contribution in [0.1, 0.15) is 12.8 Å². The number of hydrogen-bond donors (Lipinski definition) is 2. The van der Waals surface area contributed by atoms with Crippen LogP contribution in [0.2, 0.25) is 0 Å². The molecule has 0 radical (unpaired) electrons. The number of halogens is 1. The van der Waals surface area contributed by atoms with Crippen LogP contribution in [0.5, 0.6) is 0 Å². The SMILES string of the molecule is Brc1ccccc1NNC1=NCCC1. The quantitative estimate of drug-likeness (QED) is 0.796. The Kier molecular flexibility index (Phi) is 3.03. The molecule has 74 valence electrons. The van der Waals surface area contributed by atoms with Crippen molar-refractivity contribution in [2.45, 2.75) is 12.8 Å². The fourth-order valence-corrected chi connectivity index (χ4v) is 1.73. The van der Waals surface area contributed by atoms with Gasteiger partial charge >= 0.3 is 0 Å². The smallest absolute Gasteiger partial charge is 0.115 e. The normalized spacial score (nSPS) is 15.1. The topological polar surface area (TPSA) is 36.4 Å². The van der Waals surface area contributed by atoms with E-state index in [1.54, 1.807) is 0 Å². The lowest BCUT2D eigenvalue weighted by molar-refractivity contribution is 0.944. The standard InChI is InChI=1S/C10H12BrN3/c11-8-4-1-2-5-9(8)13-14-10-6-3-7-12-10/h1-2,4-5,13H,3,6-7H2,(H,12,14). The van der Waals surface area contributed by atoms with Crippen molar-refractivity contribution < 1.29 is 0 Å². The summed E-state index contributed by atoms with van der Waals surface area (Å²) in [5.41, 5.74) is 7.27. The zero-order chi connectivity index (χ0) is 9.80. The van der Waals surface area contributed by atoms with Crippen LogP contribution in [-0.4, -0.2) is 12.4 Å². The van der Waals surface area contributed by atoms with E-state index in [-0.39, 0.29) is 0 Å². The Morgan fingerprint density at radius 2 is 2.07 bits per heavy atom. The highest BCUT2D eigenvalue weighted by atomic mass is 79.9. The number of hydrazine groups is 1. The van der Waals surface area contributed by atoms with Crippen LogP contribution < -0.4 is 10.9 Å². The first-order chi connectivity index (χ1) is 6.86. The average Bonchev–Trinajstić information content (AvgIpc) is 2.69. The zero-order valence-corrected chi connectivity index (χ0v) is 9.34. The Balaban J connectivity index is 1.94. The molecule has 0 aliphatic carbocycles. The molecular formula is C10H12BrN3. The highest BCUT2D eigenvalue weighted by Crippen LogP contribution is 2.20. The number of para-hydroxylation sites is 1. The highest BCUT2D eigenvalue weighted by Gasteiger charge is 2.05. The van der Waals surface area contributed by atoms with Gasteiger partial charge in [0.1, 0.15) is 5.84 Å². The molecule has 3 nitrogen and oxygen atoms in total. The maximum Gasteiger partial charge on any atom is 0.115 e. The van der Waals surface area contributed by atoms with Gasteiger partial charge in [0.25, 0.3) is 0 Å². The van der Waals surface area contributed by atoms with Crippen LogP contribution >= 0.6 is 15.9 Å². The van der Waals surface area contributed by atoms with Crippen molar-refractivity contribution in [3.8, 4) is 0 Å². The zero-order valence-electron chi connectivity index (χ0n) is 7.76. The number of amidine groups is 1. The third-order valence-electron chi connectivity index (χ3n) is 2.09. The van der Waals surface area contributed by atoms with Gasteiger partial charge in [-0.25, -0.2) is 0 Å². The molecule has 2 N–H and O–H groups in total. The maximum absolute atomic E-state index is 4.31. The fourth-order valence-electron chi connectivity index (χ4n) is 1.34. The van der Waals surface area contributed by atoms with Gasteiger partial charge in [-0.15, -0.1) is 0 Å². The first kappa shape index (κ1) is 9.52. The van der Waals surface area contributed by atoms with Crippen LogP contribution in [-0.2, 0) is 0 Å². The molecule has 0 saturated carbocycles. The molecule has 4 heteroatoms. The number of hydrogen-bond acceptors (Lipinski definition) is 3. The van der Waals surface area contributed by atoms with E-state index in [2.05, 4.69) is 31.8 Å².